The number of aliphatic carboxylic acids is 1. The van der Waals surface area contributed by atoms with Gasteiger partial charge in [-0.05, 0) is 0 Å². The van der Waals surface area contributed by atoms with Crippen molar-refractivity contribution in [3.63, 3.8) is 0 Å². The van der Waals surface area contributed by atoms with Gasteiger partial charge in [0, 0.05) is 27.2 Å². The van der Waals surface area contributed by atoms with E-state index in [9.17, 15) is 9.90 Å². The maximum Gasteiger partial charge on any atom is 1.00 e. The Balaban J connectivity index is 0.00000361. The topological polar surface area (TPSA) is 86.3 Å². The first-order valence-corrected chi connectivity index (χ1v) is 6.06. The van der Waals surface area contributed by atoms with Crippen molar-refractivity contribution in [2.45, 2.75) is 31.5 Å². The van der Waals surface area contributed by atoms with Crippen molar-refractivity contribution in [1.82, 2.24) is 0 Å². The summed E-state index contributed by atoms with van der Waals surface area (Å²) in [7, 11) is 4.66. The van der Waals surface area contributed by atoms with Crippen LogP contribution in [-0.2, 0) is 28.5 Å². The minimum absolute atomic E-state index is 0. The number of ether oxygens (including phenoxy) is 5. The molecule has 0 amide bonds. The monoisotopic (exact) mass is 300 g/mol. The first-order valence-electron chi connectivity index (χ1n) is 6.06. The van der Waals surface area contributed by atoms with E-state index >= 15 is 0 Å². The molecule has 0 aliphatic carbocycles. The van der Waals surface area contributed by atoms with Crippen molar-refractivity contribution in [3.05, 3.63) is 0 Å². The van der Waals surface area contributed by atoms with Gasteiger partial charge in [0.25, 0.3) is 0 Å². The third-order valence-electron chi connectivity index (χ3n) is 3.28. The number of hydrogen-bond donors (Lipinski definition) is 0. The van der Waals surface area contributed by atoms with E-state index in [1.54, 1.807) is 14.2 Å². The van der Waals surface area contributed by atoms with E-state index in [1.807, 2.05) is 6.92 Å². The van der Waals surface area contributed by atoms with Crippen molar-refractivity contribution in [2.24, 2.45) is 5.92 Å². The smallest absolute Gasteiger partial charge is 0.548 e. The van der Waals surface area contributed by atoms with Crippen LogP contribution in [0.2, 0.25) is 0 Å². The minimum atomic E-state index is -1.26. The molecule has 0 bridgehead atoms. The number of carboxylic acid groups (broad SMARTS) is 1. The van der Waals surface area contributed by atoms with Crippen LogP contribution in [0.1, 0.15) is 6.92 Å². The van der Waals surface area contributed by atoms with Gasteiger partial charge in [0.1, 0.15) is 6.10 Å². The van der Waals surface area contributed by atoms with E-state index in [2.05, 4.69) is 0 Å². The number of carbonyl (C=O) groups excluding carboxylic acids is 1. The molecule has 0 N–H and O–H groups in total. The zero-order valence-electron chi connectivity index (χ0n) is 12.7. The number of rotatable bonds is 7. The molecule has 1 rings (SSSR count). The fraction of sp³-hybridized carbons (Fsp3) is 0.917. The van der Waals surface area contributed by atoms with Crippen LogP contribution < -0.4 is 34.7 Å². The van der Waals surface area contributed by atoms with Crippen molar-refractivity contribution in [1.29, 1.82) is 0 Å². The van der Waals surface area contributed by atoms with Crippen LogP contribution in [0.25, 0.3) is 0 Å². The first-order chi connectivity index (χ1) is 9.04. The Kier molecular flexibility index (Phi) is 10.2. The van der Waals surface area contributed by atoms with Crippen LogP contribution in [0.15, 0.2) is 0 Å². The summed E-state index contributed by atoms with van der Waals surface area (Å²) in [5, 5.41) is 10.3. The molecular weight excluding hydrogens is 279 g/mol. The first kappa shape index (κ1) is 20.3. The largest absolute Gasteiger partial charge is 1.00 e. The van der Waals surface area contributed by atoms with Gasteiger partial charge in [0.15, 0.2) is 6.29 Å². The van der Waals surface area contributed by atoms with Crippen molar-refractivity contribution in [2.75, 3.05) is 34.5 Å². The molecule has 0 aromatic carbocycles. The fourth-order valence-corrected chi connectivity index (χ4v) is 2.27. The van der Waals surface area contributed by atoms with Crippen LogP contribution in [-0.4, -0.2) is 65.1 Å². The van der Waals surface area contributed by atoms with Crippen LogP contribution in [0, 0.1) is 5.92 Å². The summed E-state index contributed by atoms with van der Waals surface area (Å²) in [5.74, 6) is -1.28. The second-order valence-corrected chi connectivity index (χ2v) is 4.43. The molecular formula is C12H21NaO7. The molecule has 112 valence electrons. The molecule has 8 heteroatoms. The fourth-order valence-electron chi connectivity index (χ4n) is 2.27. The molecule has 0 aromatic rings. The number of methoxy groups -OCH3 is 3. The maximum atomic E-state index is 10.3. The molecule has 20 heavy (non-hydrogen) atoms. The van der Waals surface area contributed by atoms with E-state index in [4.69, 9.17) is 23.7 Å². The van der Waals surface area contributed by atoms with Gasteiger partial charge >= 0.3 is 29.6 Å². The Labute approximate surface area is 141 Å². The van der Waals surface area contributed by atoms with Gasteiger partial charge in [-0.25, -0.2) is 0 Å². The molecule has 1 fully saturated rings. The summed E-state index contributed by atoms with van der Waals surface area (Å²) in [6.07, 6.45) is -1.48. The predicted octanol–water partition coefficient (Wildman–Crippen LogP) is -4.21. The van der Waals surface area contributed by atoms with Gasteiger partial charge in [0.05, 0.1) is 31.4 Å². The van der Waals surface area contributed by atoms with Crippen molar-refractivity contribution < 1.29 is 63.1 Å². The van der Waals surface area contributed by atoms with Gasteiger partial charge in [-0.3, -0.25) is 0 Å². The van der Waals surface area contributed by atoms with E-state index in [1.165, 1.54) is 7.11 Å². The maximum absolute atomic E-state index is 10.3. The summed E-state index contributed by atoms with van der Waals surface area (Å²) in [6, 6.07) is 0. The normalized spacial score (nSPS) is 33.5. The van der Waals surface area contributed by atoms with Crippen LogP contribution >= 0.6 is 0 Å². The molecule has 0 spiro atoms. The SMILES string of the molecule is COC1[C@H](OC)OC(COCC(=O)[O-])[C@@H](C)[C@@H]1OC.[Na+]. The van der Waals surface area contributed by atoms with Crippen LogP contribution in [0.4, 0.5) is 0 Å². The van der Waals surface area contributed by atoms with Gasteiger partial charge in [-0.2, -0.15) is 0 Å². The molecule has 7 nitrogen and oxygen atoms in total. The molecule has 1 heterocycles. The Bertz CT molecular complexity index is 289. The Morgan fingerprint density at radius 1 is 1.15 bits per heavy atom. The Morgan fingerprint density at radius 2 is 1.75 bits per heavy atom. The Morgan fingerprint density at radius 3 is 2.20 bits per heavy atom. The average Bonchev–Trinajstić information content (AvgIpc) is 2.39. The third kappa shape index (κ3) is 5.23. The molecule has 2 unspecified atom stereocenters. The molecule has 0 radical (unpaired) electrons. The molecule has 0 aromatic heterocycles. The van der Waals surface area contributed by atoms with E-state index < -0.39 is 18.9 Å². The molecule has 0 saturated carbocycles. The molecule has 1 aliphatic rings. The van der Waals surface area contributed by atoms with Crippen molar-refractivity contribution in [3.8, 4) is 0 Å². The molecule has 5 atom stereocenters. The summed E-state index contributed by atoms with van der Waals surface area (Å²) in [4.78, 5) is 10.3. The predicted molar refractivity (Wildman–Crippen MR) is 62.3 cm³/mol. The summed E-state index contributed by atoms with van der Waals surface area (Å²) in [6.45, 7) is 1.60. The van der Waals surface area contributed by atoms with Gasteiger partial charge in [-0.15, -0.1) is 0 Å². The second-order valence-electron chi connectivity index (χ2n) is 4.43. The van der Waals surface area contributed by atoms with Gasteiger partial charge in [-0.1, -0.05) is 6.92 Å². The van der Waals surface area contributed by atoms with Crippen LogP contribution in [0.3, 0.4) is 0 Å². The van der Waals surface area contributed by atoms with Gasteiger partial charge in [0.2, 0.25) is 0 Å². The van der Waals surface area contributed by atoms with E-state index in [0.717, 1.165) is 0 Å². The second kappa shape index (κ2) is 10.1. The number of hydrogen-bond acceptors (Lipinski definition) is 7. The van der Waals surface area contributed by atoms with E-state index in [0.29, 0.717) is 0 Å². The minimum Gasteiger partial charge on any atom is -0.548 e. The molecule has 1 saturated heterocycles. The van der Waals surface area contributed by atoms with Crippen LogP contribution in [0.5, 0.6) is 0 Å². The summed E-state index contributed by atoms with van der Waals surface area (Å²) in [5.41, 5.74) is 0. The Hall–Kier alpha value is 0.270. The van der Waals surface area contributed by atoms with Crippen molar-refractivity contribution >= 4 is 5.97 Å². The van der Waals surface area contributed by atoms with Gasteiger partial charge < -0.3 is 33.6 Å². The summed E-state index contributed by atoms with van der Waals surface area (Å²) >= 11 is 0. The number of carboxylic acids is 1. The standard InChI is InChI=1S/C12H22O7.Na/c1-7-8(5-18-6-9(13)14)19-12(17-4)11(16-3)10(7)15-2;/h7-8,10-12H,5-6H2,1-4H3,(H,13,14);/q;+1/p-1/t7-,8?,10+,11?,12-;/m1./s1. The zero-order valence-corrected chi connectivity index (χ0v) is 14.7. The quantitative estimate of drug-likeness (QED) is 0.441. The number of carbonyl (C=O) groups is 1. The zero-order chi connectivity index (χ0) is 14.4. The molecule has 1 aliphatic heterocycles. The summed E-state index contributed by atoms with van der Waals surface area (Å²) < 4.78 is 26.7. The average molecular weight is 300 g/mol. The third-order valence-corrected chi connectivity index (χ3v) is 3.28. The van der Waals surface area contributed by atoms with E-state index in [-0.39, 0.29) is 60.4 Å².